The van der Waals surface area contributed by atoms with Crippen molar-refractivity contribution >= 4 is 33.0 Å². The summed E-state index contributed by atoms with van der Waals surface area (Å²) in [6.45, 7) is 1.94. The molecule has 1 aromatic heterocycles. The predicted octanol–water partition coefficient (Wildman–Crippen LogP) is 4.82. The third kappa shape index (κ3) is 3.33. The first-order chi connectivity index (χ1) is 13.5. The van der Waals surface area contributed by atoms with E-state index in [-0.39, 0.29) is 10.9 Å². The van der Waals surface area contributed by atoms with Crippen molar-refractivity contribution in [2.45, 2.75) is 50.0 Å². The van der Waals surface area contributed by atoms with E-state index in [0.717, 1.165) is 49.3 Å². The number of hydrogen-bond donors (Lipinski definition) is 1. The standard InChI is InChI=1S/C22H24N2O3S/c1-16-10-12-20(13-11-16)28(26,27)24(19-8-3-2-4-9-19)21-14-17-6-5-7-18(15-25)22(17)23-21/h5-7,10-15,19,23H,2-4,8-9H2,1H3. The highest BCUT2D eigenvalue weighted by atomic mass is 32.2. The molecule has 1 fully saturated rings. The van der Waals surface area contributed by atoms with E-state index in [0.29, 0.717) is 16.9 Å². The number of aromatic amines is 1. The maximum atomic E-state index is 13.6. The van der Waals surface area contributed by atoms with E-state index in [4.69, 9.17) is 0 Å². The Hall–Kier alpha value is -2.60. The minimum Gasteiger partial charge on any atom is -0.340 e. The molecular weight excluding hydrogens is 372 g/mol. The number of anilines is 1. The number of benzene rings is 2. The van der Waals surface area contributed by atoms with Crippen molar-refractivity contribution in [1.82, 2.24) is 4.98 Å². The normalized spacial score (nSPS) is 15.6. The lowest BCUT2D eigenvalue weighted by Crippen LogP contribution is -2.41. The lowest BCUT2D eigenvalue weighted by atomic mass is 9.95. The van der Waals surface area contributed by atoms with Gasteiger partial charge in [-0.15, -0.1) is 0 Å². The average molecular weight is 397 g/mol. The molecule has 0 amide bonds. The quantitative estimate of drug-likeness (QED) is 0.629. The number of fused-ring (bicyclic) bond motifs is 1. The van der Waals surface area contributed by atoms with E-state index >= 15 is 0 Å². The molecule has 0 aliphatic heterocycles. The van der Waals surface area contributed by atoms with E-state index in [1.165, 1.54) is 0 Å². The lowest BCUT2D eigenvalue weighted by molar-refractivity contribution is 0.112. The second-order valence-electron chi connectivity index (χ2n) is 7.49. The van der Waals surface area contributed by atoms with Crippen LogP contribution in [0.4, 0.5) is 5.82 Å². The molecule has 0 bridgehead atoms. The summed E-state index contributed by atoms with van der Waals surface area (Å²) in [4.78, 5) is 14.9. The summed E-state index contributed by atoms with van der Waals surface area (Å²) in [5.41, 5.74) is 2.22. The first kappa shape index (κ1) is 18.7. The van der Waals surface area contributed by atoms with Gasteiger partial charge in [0.1, 0.15) is 5.82 Å². The summed E-state index contributed by atoms with van der Waals surface area (Å²) in [5, 5.41) is 0.833. The molecule has 0 unspecified atom stereocenters. The summed E-state index contributed by atoms with van der Waals surface area (Å²) in [5.74, 6) is 0.525. The number of rotatable bonds is 5. The molecular formula is C22H24N2O3S. The van der Waals surface area contributed by atoms with Crippen molar-refractivity contribution in [3.63, 3.8) is 0 Å². The highest BCUT2D eigenvalue weighted by molar-refractivity contribution is 7.92. The van der Waals surface area contributed by atoms with Gasteiger partial charge >= 0.3 is 0 Å². The van der Waals surface area contributed by atoms with Crippen molar-refractivity contribution < 1.29 is 13.2 Å². The van der Waals surface area contributed by atoms with Crippen LogP contribution in [0.5, 0.6) is 0 Å². The van der Waals surface area contributed by atoms with Crippen LogP contribution in [0.1, 0.15) is 48.0 Å². The maximum Gasteiger partial charge on any atom is 0.265 e. The zero-order chi connectivity index (χ0) is 19.7. The second kappa shape index (κ2) is 7.43. The Morgan fingerprint density at radius 3 is 2.43 bits per heavy atom. The zero-order valence-corrected chi connectivity index (χ0v) is 16.7. The fourth-order valence-electron chi connectivity index (χ4n) is 4.04. The van der Waals surface area contributed by atoms with Gasteiger partial charge in [0.05, 0.1) is 10.4 Å². The van der Waals surface area contributed by atoms with Gasteiger partial charge in [0.25, 0.3) is 10.0 Å². The SMILES string of the molecule is Cc1ccc(S(=O)(=O)N(c2cc3cccc(C=O)c3[nH]2)C2CCCCC2)cc1. The van der Waals surface area contributed by atoms with E-state index in [1.54, 1.807) is 22.5 Å². The fraction of sp³-hybridized carbons (Fsp3) is 0.318. The Balaban J connectivity index is 1.86. The third-order valence-electron chi connectivity index (χ3n) is 5.52. The molecule has 1 saturated carbocycles. The van der Waals surface area contributed by atoms with Gasteiger partial charge in [-0.25, -0.2) is 12.7 Å². The van der Waals surface area contributed by atoms with E-state index < -0.39 is 10.0 Å². The highest BCUT2D eigenvalue weighted by Gasteiger charge is 2.33. The molecule has 1 heterocycles. The number of nitrogens with one attached hydrogen (secondary N) is 1. The molecule has 4 rings (SSSR count). The Morgan fingerprint density at radius 1 is 1.04 bits per heavy atom. The number of carbonyl (C=O) groups is 1. The van der Waals surface area contributed by atoms with Crippen LogP contribution in [0.3, 0.4) is 0 Å². The average Bonchev–Trinajstić information content (AvgIpc) is 3.12. The topological polar surface area (TPSA) is 70.2 Å². The maximum absolute atomic E-state index is 13.6. The molecule has 3 aromatic rings. The number of sulfonamides is 1. The second-order valence-corrected chi connectivity index (χ2v) is 9.30. The number of H-pyrrole nitrogens is 1. The molecule has 1 aliphatic carbocycles. The number of para-hydroxylation sites is 1. The summed E-state index contributed by atoms with van der Waals surface area (Å²) >= 11 is 0. The summed E-state index contributed by atoms with van der Waals surface area (Å²) in [7, 11) is -3.72. The first-order valence-corrected chi connectivity index (χ1v) is 11.1. The van der Waals surface area contributed by atoms with Gasteiger partial charge in [0, 0.05) is 17.0 Å². The third-order valence-corrected chi connectivity index (χ3v) is 7.40. The molecule has 0 atom stereocenters. The summed E-state index contributed by atoms with van der Waals surface area (Å²) < 4.78 is 28.8. The molecule has 28 heavy (non-hydrogen) atoms. The summed E-state index contributed by atoms with van der Waals surface area (Å²) in [6.07, 6.45) is 5.63. The molecule has 6 heteroatoms. The van der Waals surface area contributed by atoms with Gasteiger partial charge < -0.3 is 4.98 Å². The van der Waals surface area contributed by atoms with Crippen molar-refractivity contribution in [1.29, 1.82) is 0 Å². The van der Waals surface area contributed by atoms with Gasteiger partial charge in [-0.1, -0.05) is 49.1 Å². The molecule has 146 valence electrons. The smallest absolute Gasteiger partial charge is 0.265 e. The predicted molar refractivity (Wildman–Crippen MR) is 111 cm³/mol. The number of hydrogen-bond acceptors (Lipinski definition) is 3. The summed E-state index contributed by atoms with van der Waals surface area (Å²) in [6, 6.07) is 14.2. The minimum atomic E-state index is -3.72. The van der Waals surface area contributed by atoms with E-state index in [2.05, 4.69) is 4.98 Å². The number of nitrogens with zero attached hydrogens (tertiary/aromatic N) is 1. The number of aryl methyl sites for hydroxylation is 1. The molecule has 0 saturated heterocycles. The van der Waals surface area contributed by atoms with Crippen molar-refractivity contribution in [3.05, 3.63) is 59.7 Å². The van der Waals surface area contributed by atoms with Crippen LogP contribution in [-0.2, 0) is 10.0 Å². The number of aldehydes is 1. The molecule has 5 nitrogen and oxygen atoms in total. The van der Waals surface area contributed by atoms with Crippen LogP contribution < -0.4 is 4.31 Å². The van der Waals surface area contributed by atoms with Crippen LogP contribution >= 0.6 is 0 Å². The van der Waals surface area contributed by atoms with Gasteiger partial charge in [-0.05, 0) is 44.0 Å². The van der Waals surface area contributed by atoms with Gasteiger partial charge in [0.2, 0.25) is 0 Å². The van der Waals surface area contributed by atoms with Crippen LogP contribution in [-0.4, -0.2) is 25.7 Å². The minimum absolute atomic E-state index is 0.0900. The zero-order valence-electron chi connectivity index (χ0n) is 15.9. The fourth-order valence-corrected chi connectivity index (χ4v) is 5.71. The monoisotopic (exact) mass is 396 g/mol. The van der Waals surface area contributed by atoms with Crippen LogP contribution in [0.15, 0.2) is 53.4 Å². The lowest BCUT2D eigenvalue weighted by Gasteiger charge is -2.34. The molecule has 1 N–H and O–H groups in total. The molecule has 0 spiro atoms. The van der Waals surface area contributed by atoms with E-state index in [9.17, 15) is 13.2 Å². The van der Waals surface area contributed by atoms with Gasteiger partial charge in [-0.2, -0.15) is 0 Å². The van der Waals surface area contributed by atoms with Crippen LogP contribution in [0.25, 0.3) is 10.9 Å². The number of aromatic nitrogens is 1. The Bertz CT molecular complexity index is 1090. The van der Waals surface area contributed by atoms with Crippen molar-refractivity contribution in [3.8, 4) is 0 Å². The van der Waals surface area contributed by atoms with Crippen molar-refractivity contribution in [2.75, 3.05) is 4.31 Å². The van der Waals surface area contributed by atoms with Crippen LogP contribution in [0.2, 0.25) is 0 Å². The highest BCUT2D eigenvalue weighted by Crippen LogP contribution is 2.34. The van der Waals surface area contributed by atoms with Gasteiger partial charge in [-0.3, -0.25) is 4.79 Å². The molecule has 2 aromatic carbocycles. The largest absolute Gasteiger partial charge is 0.340 e. The van der Waals surface area contributed by atoms with Crippen LogP contribution in [0, 0.1) is 6.92 Å². The Morgan fingerprint density at radius 2 is 1.75 bits per heavy atom. The Labute approximate surface area is 165 Å². The Kier molecular flexibility index (Phi) is 4.98. The van der Waals surface area contributed by atoms with E-state index in [1.807, 2.05) is 37.3 Å². The number of carbonyl (C=O) groups excluding carboxylic acids is 1. The van der Waals surface area contributed by atoms with Crippen molar-refractivity contribution in [2.24, 2.45) is 0 Å². The molecule has 0 radical (unpaired) electrons. The van der Waals surface area contributed by atoms with Gasteiger partial charge in [0.15, 0.2) is 6.29 Å². The molecule has 1 aliphatic rings. The first-order valence-electron chi connectivity index (χ1n) is 9.69.